The first-order valence-corrected chi connectivity index (χ1v) is 7.23. The highest BCUT2D eigenvalue weighted by molar-refractivity contribution is 8.01. The molecule has 0 aromatic heterocycles. The van der Waals surface area contributed by atoms with Gasteiger partial charge in [0.25, 0.3) is 0 Å². The highest BCUT2D eigenvalue weighted by atomic mass is 35.5. The highest BCUT2D eigenvalue weighted by Crippen LogP contribution is 2.44. The molecular formula is C14H11ClFNOS. The molecule has 2 nitrogen and oxygen atoms in total. The van der Waals surface area contributed by atoms with Gasteiger partial charge in [-0.2, -0.15) is 0 Å². The lowest BCUT2D eigenvalue weighted by molar-refractivity contribution is -0.121. The van der Waals surface area contributed by atoms with Crippen molar-refractivity contribution in [3.8, 4) is 0 Å². The summed E-state index contributed by atoms with van der Waals surface area (Å²) in [7, 11) is 0. The molecule has 0 radical (unpaired) electrons. The second-order valence-corrected chi connectivity index (χ2v) is 6.10. The van der Waals surface area contributed by atoms with Gasteiger partial charge in [-0.1, -0.05) is 48.0 Å². The summed E-state index contributed by atoms with van der Waals surface area (Å²) in [6, 6.07) is 9.22. The maximum atomic E-state index is 13.5. The summed E-state index contributed by atoms with van der Waals surface area (Å²) in [5.74, 6) is -0.479. The molecule has 5 heteroatoms. The highest BCUT2D eigenvalue weighted by Gasteiger charge is 2.39. The molecule has 1 aromatic carbocycles. The normalized spacial score (nSPS) is 30.0. The largest absolute Gasteiger partial charge is 0.347 e. The molecule has 0 spiro atoms. The minimum Gasteiger partial charge on any atom is -0.347 e. The van der Waals surface area contributed by atoms with Crippen LogP contribution in [0.5, 0.6) is 0 Å². The van der Waals surface area contributed by atoms with E-state index < -0.39 is 5.83 Å². The number of nitrogens with one attached hydrogen (secondary N) is 1. The number of halogens is 2. The lowest BCUT2D eigenvalue weighted by Gasteiger charge is -2.36. The van der Waals surface area contributed by atoms with Crippen molar-refractivity contribution in [3.05, 3.63) is 58.9 Å². The molecule has 0 saturated carbocycles. The van der Waals surface area contributed by atoms with Gasteiger partial charge >= 0.3 is 0 Å². The van der Waals surface area contributed by atoms with Gasteiger partial charge in [0.15, 0.2) is 0 Å². The van der Waals surface area contributed by atoms with Crippen LogP contribution in [-0.4, -0.2) is 17.2 Å². The van der Waals surface area contributed by atoms with Gasteiger partial charge < -0.3 is 5.32 Å². The summed E-state index contributed by atoms with van der Waals surface area (Å²) in [5.41, 5.74) is 0.905. The van der Waals surface area contributed by atoms with E-state index in [4.69, 9.17) is 11.6 Å². The van der Waals surface area contributed by atoms with Gasteiger partial charge in [-0.05, 0) is 11.6 Å². The average Bonchev–Trinajstić information content (AvgIpc) is 2.44. The molecule has 1 fully saturated rings. The van der Waals surface area contributed by atoms with Crippen molar-refractivity contribution in [2.75, 3.05) is 0 Å². The molecule has 19 heavy (non-hydrogen) atoms. The van der Waals surface area contributed by atoms with E-state index >= 15 is 0 Å². The molecule has 1 N–H and O–H groups in total. The molecule has 1 aliphatic heterocycles. The summed E-state index contributed by atoms with van der Waals surface area (Å²) < 4.78 is 13.5. The molecule has 1 saturated heterocycles. The smallest absolute Gasteiger partial charge is 0.238 e. The second kappa shape index (κ2) is 5.02. The SMILES string of the molecule is O=C1NC2C=CC(F)=C(Cl)C2SC1c1ccccc1. The number of amides is 1. The molecule has 1 aliphatic carbocycles. The van der Waals surface area contributed by atoms with Crippen LogP contribution in [0.3, 0.4) is 0 Å². The molecule has 1 heterocycles. The van der Waals surface area contributed by atoms with E-state index in [0.29, 0.717) is 0 Å². The molecule has 2 aliphatic rings. The Labute approximate surface area is 119 Å². The predicted molar refractivity (Wildman–Crippen MR) is 75.6 cm³/mol. The van der Waals surface area contributed by atoms with Crippen molar-refractivity contribution < 1.29 is 9.18 Å². The van der Waals surface area contributed by atoms with Gasteiger partial charge in [0.2, 0.25) is 5.91 Å². The number of hydrogen-bond donors (Lipinski definition) is 1. The minimum atomic E-state index is -0.418. The van der Waals surface area contributed by atoms with Crippen LogP contribution in [0.15, 0.2) is 53.3 Å². The van der Waals surface area contributed by atoms with E-state index in [0.717, 1.165) is 5.56 Å². The van der Waals surface area contributed by atoms with Crippen LogP contribution in [0.4, 0.5) is 4.39 Å². The fourth-order valence-corrected chi connectivity index (χ4v) is 3.95. The lowest BCUT2D eigenvalue weighted by Crippen LogP contribution is -2.48. The Bertz CT molecular complexity index is 572. The van der Waals surface area contributed by atoms with Crippen LogP contribution in [0.2, 0.25) is 0 Å². The van der Waals surface area contributed by atoms with E-state index in [1.54, 1.807) is 6.08 Å². The predicted octanol–water partition coefficient (Wildman–Crippen LogP) is 3.32. The summed E-state index contributed by atoms with van der Waals surface area (Å²) >= 11 is 7.42. The van der Waals surface area contributed by atoms with Crippen molar-refractivity contribution in [3.63, 3.8) is 0 Å². The summed E-state index contributed by atoms with van der Waals surface area (Å²) in [6.07, 6.45) is 2.96. The van der Waals surface area contributed by atoms with Crippen LogP contribution < -0.4 is 5.32 Å². The fraction of sp³-hybridized carbons (Fsp3) is 0.214. The van der Waals surface area contributed by atoms with Gasteiger partial charge in [0.05, 0.1) is 16.3 Å². The number of benzene rings is 1. The van der Waals surface area contributed by atoms with Crippen molar-refractivity contribution in [2.24, 2.45) is 0 Å². The Morgan fingerprint density at radius 3 is 2.74 bits per heavy atom. The molecule has 1 aromatic rings. The monoisotopic (exact) mass is 295 g/mol. The standard InChI is InChI=1S/C14H11ClFNOS/c15-11-9(16)6-7-10-13(11)19-12(14(18)17-10)8-4-2-1-3-5-8/h1-7,10,12-13H,(H,17,18). The van der Waals surface area contributed by atoms with Crippen LogP contribution in [0.1, 0.15) is 10.8 Å². The van der Waals surface area contributed by atoms with E-state index in [1.807, 2.05) is 30.3 Å². The third-order valence-electron chi connectivity index (χ3n) is 3.19. The van der Waals surface area contributed by atoms with Gasteiger partial charge in [-0.3, -0.25) is 4.79 Å². The molecular weight excluding hydrogens is 285 g/mol. The molecule has 1 amide bonds. The van der Waals surface area contributed by atoms with E-state index in [1.165, 1.54) is 17.8 Å². The minimum absolute atomic E-state index is 0.0612. The van der Waals surface area contributed by atoms with E-state index in [9.17, 15) is 9.18 Å². The number of allylic oxidation sites excluding steroid dienone is 2. The van der Waals surface area contributed by atoms with Gasteiger partial charge in [0.1, 0.15) is 11.1 Å². The fourth-order valence-electron chi connectivity index (χ4n) is 2.24. The number of carbonyl (C=O) groups is 1. The number of carbonyl (C=O) groups excluding carboxylic acids is 1. The Hall–Kier alpha value is -1.26. The van der Waals surface area contributed by atoms with Gasteiger partial charge in [-0.25, -0.2) is 4.39 Å². The lowest BCUT2D eigenvalue weighted by atomic mass is 10.1. The molecule has 3 rings (SSSR count). The maximum Gasteiger partial charge on any atom is 0.238 e. The molecule has 98 valence electrons. The summed E-state index contributed by atoms with van der Waals surface area (Å²) in [6.45, 7) is 0. The van der Waals surface area contributed by atoms with Crippen molar-refractivity contribution >= 4 is 29.3 Å². The van der Waals surface area contributed by atoms with Crippen molar-refractivity contribution in [1.82, 2.24) is 5.32 Å². The summed E-state index contributed by atoms with van der Waals surface area (Å²) in [4.78, 5) is 12.1. The number of fused-ring (bicyclic) bond motifs is 1. The maximum absolute atomic E-state index is 13.5. The Morgan fingerprint density at radius 1 is 1.26 bits per heavy atom. The van der Waals surface area contributed by atoms with Crippen LogP contribution in [0, 0.1) is 0 Å². The third-order valence-corrected chi connectivity index (χ3v) is 5.31. The average molecular weight is 296 g/mol. The van der Waals surface area contributed by atoms with Gasteiger partial charge in [-0.15, -0.1) is 11.8 Å². The zero-order valence-corrected chi connectivity index (χ0v) is 11.4. The second-order valence-electron chi connectivity index (χ2n) is 4.44. The molecule has 0 bridgehead atoms. The van der Waals surface area contributed by atoms with E-state index in [2.05, 4.69) is 5.32 Å². The van der Waals surface area contributed by atoms with Crippen LogP contribution in [-0.2, 0) is 4.79 Å². The molecule has 3 unspecified atom stereocenters. The van der Waals surface area contributed by atoms with E-state index in [-0.39, 0.29) is 27.5 Å². The van der Waals surface area contributed by atoms with Gasteiger partial charge in [0, 0.05) is 0 Å². The molecule has 3 atom stereocenters. The number of rotatable bonds is 1. The first kappa shape index (κ1) is 12.8. The first-order valence-electron chi connectivity index (χ1n) is 5.91. The van der Waals surface area contributed by atoms with Crippen molar-refractivity contribution in [2.45, 2.75) is 16.5 Å². The number of hydrogen-bond acceptors (Lipinski definition) is 2. The Morgan fingerprint density at radius 2 is 2.00 bits per heavy atom. The Kier molecular flexibility index (Phi) is 3.37. The summed E-state index contributed by atoms with van der Waals surface area (Å²) in [5, 5.41) is 2.46. The first-order chi connectivity index (χ1) is 9.16. The zero-order valence-electron chi connectivity index (χ0n) is 9.85. The zero-order chi connectivity index (χ0) is 13.4. The number of thioether (sulfide) groups is 1. The third kappa shape index (κ3) is 2.30. The van der Waals surface area contributed by atoms with Crippen molar-refractivity contribution in [1.29, 1.82) is 0 Å². The van der Waals surface area contributed by atoms with Crippen LogP contribution in [0.25, 0.3) is 0 Å². The topological polar surface area (TPSA) is 29.1 Å². The van der Waals surface area contributed by atoms with Crippen LogP contribution >= 0.6 is 23.4 Å². The quantitative estimate of drug-likeness (QED) is 0.861. The Balaban J connectivity index is 1.91.